The maximum Gasteiger partial charge on any atom is 0.338 e. The molecule has 1 saturated heterocycles. The molecule has 0 aliphatic carbocycles. The number of aliphatic hydroxyl groups excluding tert-OH is 4. The highest BCUT2D eigenvalue weighted by Crippen LogP contribution is 2.20. The molecule has 8 heteroatoms. The van der Waals surface area contributed by atoms with Crippen LogP contribution in [0.15, 0.2) is 24.3 Å². The third-order valence-electron chi connectivity index (χ3n) is 3.15. The minimum Gasteiger partial charge on any atom is -0.508 e. The van der Waals surface area contributed by atoms with Gasteiger partial charge >= 0.3 is 5.97 Å². The molecule has 0 bridgehead atoms. The molecule has 5 unspecified atom stereocenters. The van der Waals surface area contributed by atoms with Gasteiger partial charge in [-0.05, 0) is 18.2 Å². The van der Waals surface area contributed by atoms with E-state index in [2.05, 4.69) is 0 Å². The minimum absolute atomic E-state index is 0.0985. The van der Waals surface area contributed by atoms with Crippen LogP contribution in [0.4, 0.5) is 0 Å². The van der Waals surface area contributed by atoms with E-state index in [0.29, 0.717) is 0 Å². The summed E-state index contributed by atoms with van der Waals surface area (Å²) < 4.78 is 9.75. The van der Waals surface area contributed by atoms with Crippen molar-refractivity contribution in [2.75, 3.05) is 6.61 Å². The predicted octanol–water partition coefficient (Wildman–Crippen LogP) is -1.65. The Hall–Kier alpha value is -1.71. The van der Waals surface area contributed by atoms with Gasteiger partial charge in [0, 0.05) is 0 Å². The maximum absolute atomic E-state index is 11.7. The smallest absolute Gasteiger partial charge is 0.338 e. The van der Waals surface area contributed by atoms with Crippen LogP contribution in [0.1, 0.15) is 10.4 Å². The van der Waals surface area contributed by atoms with Gasteiger partial charge in [0.15, 0.2) is 6.29 Å². The molecule has 1 aromatic rings. The number of rotatable bonds is 3. The molecule has 0 amide bonds. The number of carbonyl (C=O) groups is 1. The fourth-order valence-electron chi connectivity index (χ4n) is 1.94. The summed E-state index contributed by atoms with van der Waals surface area (Å²) in [7, 11) is 0. The van der Waals surface area contributed by atoms with Gasteiger partial charge in [-0.2, -0.15) is 0 Å². The second-order valence-electron chi connectivity index (χ2n) is 4.69. The van der Waals surface area contributed by atoms with Gasteiger partial charge in [0.05, 0.1) is 5.56 Å². The third-order valence-corrected chi connectivity index (χ3v) is 3.15. The van der Waals surface area contributed by atoms with E-state index >= 15 is 0 Å². The highest BCUT2D eigenvalue weighted by atomic mass is 16.6. The number of phenolic OH excluding ortho intramolecular Hbond substituents is 1. The van der Waals surface area contributed by atoms with Gasteiger partial charge < -0.3 is 35.0 Å². The van der Waals surface area contributed by atoms with Crippen LogP contribution in [0.25, 0.3) is 0 Å². The topological polar surface area (TPSA) is 137 Å². The van der Waals surface area contributed by atoms with E-state index in [0.717, 1.165) is 0 Å². The lowest BCUT2D eigenvalue weighted by Gasteiger charge is -2.37. The van der Waals surface area contributed by atoms with E-state index in [1.807, 2.05) is 0 Å². The monoisotopic (exact) mass is 300 g/mol. The van der Waals surface area contributed by atoms with Crippen LogP contribution in [0.3, 0.4) is 0 Å². The van der Waals surface area contributed by atoms with E-state index in [1.54, 1.807) is 0 Å². The fourth-order valence-corrected chi connectivity index (χ4v) is 1.94. The van der Waals surface area contributed by atoms with E-state index in [-0.39, 0.29) is 11.3 Å². The van der Waals surface area contributed by atoms with Crippen LogP contribution in [0.2, 0.25) is 0 Å². The summed E-state index contributed by atoms with van der Waals surface area (Å²) in [6, 6.07) is 5.47. The van der Waals surface area contributed by atoms with Gasteiger partial charge in [-0.1, -0.05) is 6.07 Å². The molecule has 1 heterocycles. The first-order valence-corrected chi connectivity index (χ1v) is 6.24. The standard InChI is InChI=1S/C13H16O8/c14-7-3-1-2-6(4-7)12(18)20-5-8-9(15)10(16)11(17)13(19)21-8/h1-4,8-11,13-17,19H,5H2. The lowest BCUT2D eigenvalue weighted by atomic mass is 9.99. The van der Waals surface area contributed by atoms with Crippen molar-refractivity contribution in [2.24, 2.45) is 0 Å². The Morgan fingerprint density at radius 2 is 1.86 bits per heavy atom. The average Bonchev–Trinajstić information content (AvgIpc) is 2.47. The molecule has 5 atom stereocenters. The van der Waals surface area contributed by atoms with Gasteiger partial charge in [-0.3, -0.25) is 0 Å². The van der Waals surface area contributed by atoms with Crippen LogP contribution >= 0.6 is 0 Å². The highest BCUT2D eigenvalue weighted by molar-refractivity contribution is 5.89. The lowest BCUT2D eigenvalue weighted by molar-refractivity contribution is -0.286. The molecule has 1 aromatic carbocycles. The molecule has 0 saturated carbocycles. The molecule has 2 rings (SSSR count). The zero-order valence-corrected chi connectivity index (χ0v) is 10.9. The van der Waals surface area contributed by atoms with Crippen molar-refractivity contribution in [3.8, 4) is 5.75 Å². The molecule has 8 nitrogen and oxygen atoms in total. The maximum atomic E-state index is 11.7. The summed E-state index contributed by atoms with van der Waals surface area (Å²) in [6.45, 7) is -0.434. The largest absolute Gasteiger partial charge is 0.508 e. The van der Waals surface area contributed by atoms with Crippen molar-refractivity contribution < 1.29 is 39.8 Å². The Kier molecular flexibility index (Phi) is 4.76. The molecule has 116 valence electrons. The number of carbonyl (C=O) groups excluding carboxylic acids is 1. The molecule has 0 radical (unpaired) electrons. The van der Waals surface area contributed by atoms with Crippen LogP contribution in [0.5, 0.6) is 5.75 Å². The summed E-state index contributed by atoms with van der Waals surface area (Å²) >= 11 is 0. The molecule has 21 heavy (non-hydrogen) atoms. The quantitative estimate of drug-likeness (QED) is 0.419. The number of aromatic hydroxyl groups is 1. The van der Waals surface area contributed by atoms with Crippen molar-refractivity contribution in [3.63, 3.8) is 0 Å². The van der Waals surface area contributed by atoms with E-state index in [4.69, 9.17) is 9.47 Å². The Labute approximate surface area is 119 Å². The second kappa shape index (κ2) is 6.37. The van der Waals surface area contributed by atoms with Crippen LogP contribution in [0, 0.1) is 0 Å². The first kappa shape index (κ1) is 15.7. The number of hydrogen-bond donors (Lipinski definition) is 5. The Morgan fingerprint density at radius 3 is 2.52 bits per heavy atom. The predicted molar refractivity (Wildman–Crippen MR) is 67.3 cm³/mol. The van der Waals surface area contributed by atoms with E-state index in [1.165, 1.54) is 24.3 Å². The molecular weight excluding hydrogens is 284 g/mol. The van der Waals surface area contributed by atoms with Crippen LogP contribution in [-0.2, 0) is 9.47 Å². The van der Waals surface area contributed by atoms with Crippen LogP contribution in [-0.4, -0.2) is 68.8 Å². The SMILES string of the molecule is O=C(OCC1OC(O)C(O)C(O)C1O)c1cccc(O)c1. The second-order valence-corrected chi connectivity index (χ2v) is 4.69. The first-order valence-electron chi connectivity index (χ1n) is 6.24. The van der Waals surface area contributed by atoms with Crippen LogP contribution < -0.4 is 0 Å². The third kappa shape index (κ3) is 3.49. The van der Waals surface area contributed by atoms with Gasteiger partial charge in [-0.15, -0.1) is 0 Å². The lowest BCUT2D eigenvalue weighted by Crippen LogP contribution is -2.58. The van der Waals surface area contributed by atoms with Crippen molar-refractivity contribution in [3.05, 3.63) is 29.8 Å². The van der Waals surface area contributed by atoms with E-state index in [9.17, 15) is 30.3 Å². The van der Waals surface area contributed by atoms with Crippen molar-refractivity contribution in [1.82, 2.24) is 0 Å². The van der Waals surface area contributed by atoms with Gasteiger partial charge in [0.25, 0.3) is 0 Å². The number of ether oxygens (including phenoxy) is 2. The number of esters is 1. The Balaban J connectivity index is 1.95. The van der Waals surface area contributed by atoms with Crippen molar-refractivity contribution >= 4 is 5.97 Å². The van der Waals surface area contributed by atoms with Gasteiger partial charge in [-0.25, -0.2) is 4.79 Å². The zero-order chi connectivity index (χ0) is 15.6. The normalized spacial score (nSPS) is 32.7. The Morgan fingerprint density at radius 1 is 1.14 bits per heavy atom. The fraction of sp³-hybridized carbons (Fsp3) is 0.462. The van der Waals surface area contributed by atoms with Gasteiger partial charge in [0.1, 0.15) is 36.8 Å². The molecule has 1 aliphatic rings. The molecular formula is C13H16O8. The van der Waals surface area contributed by atoms with E-state index < -0.39 is 43.3 Å². The summed E-state index contributed by atoms with van der Waals surface area (Å²) in [5.41, 5.74) is 0.0985. The molecule has 5 N–H and O–H groups in total. The number of hydrogen-bond acceptors (Lipinski definition) is 8. The van der Waals surface area contributed by atoms with Crippen molar-refractivity contribution in [2.45, 2.75) is 30.7 Å². The van der Waals surface area contributed by atoms with Gasteiger partial charge in [0.2, 0.25) is 0 Å². The molecule has 0 spiro atoms. The molecule has 1 fully saturated rings. The first-order chi connectivity index (χ1) is 9.90. The van der Waals surface area contributed by atoms with Crippen molar-refractivity contribution in [1.29, 1.82) is 0 Å². The summed E-state index contributed by atoms with van der Waals surface area (Å²) in [5, 5.41) is 47.1. The number of aliphatic hydroxyl groups is 4. The molecule has 0 aromatic heterocycles. The highest BCUT2D eigenvalue weighted by Gasteiger charge is 2.43. The summed E-state index contributed by atoms with van der Waals surface area (Å²) in [4.78, 5) is 11.7. The number of phenols is 1. The zero-order valence-electron chi connectivity index (χ0n) is 10.9. The average molecular weight is 300 g/mol. The Bertz CT molecular complexity index is 505. The molecule has 1 aliphatic heterocycles. The minimum atomic E-state index is -1.69. The number of benzene rings is 1. The summed E-state index contributed by atoms with van der Waals surface area (Å²) in [6.07, 6.45) is -7.64. The summed E-state index contributed by atoms with van der Waals surface area (Å²) in [5.74, 6) is -0.871.